The van der Waals surface area contributed by atoms with Gasteiger partial charge in [0.15, 0.2) is 11.8 Å². The van der Waals surface area contributed by atoms with Gasteiger partial charge in [-0.2, -0.15) is 4.98 Å². The second-order valence-electron chi connectivity index (χ2n) is 8.37. The normalized spacial score (nSPS) is 20.7. The van der Waals surface area contributed by atoms with Crippen LogP contribution in [0.4, 0.5) is 0 Å². The van der Waals surface area contributed by atoms with Crippen LogP contribution >= 0.6 is 24.0 Å². The molecule has 1 saturated carbocycles. The topological polar surface area (TPSA) is 97.0 Å². The number of hydrogen-bond donors (Lipinski definition) is 2. The molecule has 0 aromatic carbocycles. The first-order chi connectivity index (χ1) is 14.6. The molecule has 1 aliphatic carbocycles. The van der Waals surface area contributed by atoms with Crippen LogP contribution in [-0.2, 0) is 16.0 Å². The summed E-state index contributed by atoms with van der Waals surface area (Å²) in [5, 5.41) is 10.9. The number of nitrogens with one attached hydrogen (secondary N) is 2. The lowest BCUT2D eigenvalue weighted by Crippen LogP contribution is -2.51. The highest BCUT2D eigenvalue weighted by Gasteiger charge is 2.34. The van der Waals surface area contributed by atoms with Crippen molar-refractivity contribution in [1.29, 1.82) is 0 Å². The van der Waals surface area contributed by atoms with E-state index >= 15 is 0 Å². The van der Waals surface area contributed by atoms with Crippen molar-refractivity contribution < 1.29 is 14.0 Å². The highest BCUT2D eigenvalue weighted by Crippen LogP contribution is 2.36. The third kappa shape index (κ3) is 8.14. The minimum Gasteiger partial charge on any atom is -0.379 e. The molecule has 2 fully saturated rings. The van der Waals surface area contributed by atoms with E-state index in [-0.39, 0.29) is 35.5 Å². The zero-order valence-electron chi connectivity index (χ0n) is 19.2. The molecule has 31 heavy (non-hydrogen) atoms. The van der Waals surface area contributed by atoms with Crippen LogP contribution in [0.2, 0.25) is 0 Å². The van der Waals surface area contributed by atoms with Gasteiger partial charge in [-0.1, -0.05) is 24.4 Å². The van der Waals surface area contributed by atoms with Gasteiger partial charge in [0.1, 0.15) is 6.10 Å². The SMILES string of the molecule is CCOC(C)c1noc(CNC(=NC)NCC2(CN3CCOCC3)CCCCC2)n1.I. The lowest BCUT2D eigenvalue weighted by Gasteiger charge is -2.42. The van der Waals surface area contributed by atoms with Crippen LogP contribution in [0.15, 0.2) is 9.52 Å². The molecular formula is C21H39IN6O3. The zero-order valence-corrected chi connectivity index (χ0v) is 21.5. The number of halogens is 1. The molecule has 1 aromatic heterocycles. The molecule has 3 rings (SSSR count). The van der Waals surface area contributed by atoms with Crippen LogP contribution in [0.3, 0.4) is 0 Å². The van der Waals surface area contributed by atoms with E-state index in [2.05, 4.69) is 30.7 Å². The van der Waals surface area contributed by atoms with E-state index < -0.39 is 0 Å². The van der Waals surface area contributed by atoms with Crippen molar-refractivity contribution in [3.63, 3.8) is 0 Å². The summed E-state index contributed by atoms with van der Waals surface area (Å²) in [5.41, 5.74) is 0.289. The molecule has 0 spiro atoms. The van der Waals surface area contributed by atoms with Crippen molar-refractivity contribution in [1.82, 2.24) is 25.7 Å². The minimum absolute atomic E-state index is 0. The number of rotatable bonds is 9. The van der Waals surface area contributed by atoms with Gasteiger partial charge >= 0.3 is 0 Å². The molecule has 1 aliphatic heterocycles. The van der Waals surface area contributed by atoms with Crippen molar-refractivity contribution >= 4 is 29.9 Å². The molecule has 1 atom stereocenters. The van der Waals surface area contributed by atoms with Gasteiger partial charge in [-0.15, -0.1) is 24.0 Å². The van der Waals surface area contributed by atoms with Crippen LogP contribution in [0.25, 0.3) is 0 Å². The van der Waals surface area contributed by atoms with Crippen LogP contribution in [0.1, 0.15) is 63.8 Å². The summed E-state index contributed by atoms with van der Waals surface area (Å²) in [6.45, 7) is 10.7. The standard InChI is InChI=1S/C21H38N6O3.HI/c1-4-29-17(2)19-25-18(30-26-19)14-23-20(22-3)24-15-21(8-6-5-7-9-21)16-27-10-12-28-13-11-27;/h17H,4-16H2,1-3H3,(H2,22,23,24);1H. The highest BCUT2D eigenvalue weighted by molar-refractivity contribution is 14.0. The molecule has 178 valence electrons. The summed E-state index contributed by atoms with van der Waals surface area (Å²) in [6, 6.07) is 0. The minimum atomic E-state index is -0.170. The second kappa shape index (κ2) is 13.5. The van der Waals surface area contributed by atoms with E-state index in [1.165, 1.54) is 32.1 Å². The van der Waals surface area contributed by atoms with Gasteiger partial charge in [0.25, 0.3) is 0 Å². The van der Waals surface area contributed by atoms with Crippen molar-refractivity contribution in [2.75, 3.05) is 53.0 Å². The first kappa shape index (κ1) is 26.3. The Morgan fingerprint density at radius 2 is 1.97 bits per heavy atom. The quantitative estimate of drug-likeness (QED) is 0.275. The third-order valence-electron chi connectivity index (χ3n) is 6.10. The van der Waals surface area contributed by atoms with Crippen LogP contribution < -0.4 is 10.6 Å². The molecule has 2 aliphatic rings. The fourth-order valence-corrected chi connectivity index (χ4v) is 4.41. The predicted octanol–water partition coefficient (Wildman–Crippen LogP) is 2.73. The maximum absolute atomic E-state index is 5.53. The van der Waals surface area contributed by atoms with E-state index in [0.717, 1.165) is 45.4 Å². The first-order valence-corrected chi connectivity index (χ1v) is 11.3. The number of morpholine rings is 1. The molecule has 10 heteroatoms. The largest absolute Gasteiger partial charge is 0.379 e. The summed E-state index contributed by atoms with van der Waals surface area (Å²) in [7, 11) is 1.79. The molecule has 9 nitrogen and oxygen atoms in total. The Morgan fingerprint density at radius 3 is 2.65 bits per heavy atom. The number of nitrogens with zero attached hydrogens (tertiary/aromatic N) is 4. The Hall–Kier alpha value is -0.980. The first-order valence-electron chi connectivity index (χ1n) is 11.3. The van der Waals surface area contributed by atoms with Crippen LogP contribution in [0.5, 0.6) is 0 Å². The summed E-state index contributed by atoms with van der Waals surface area (Å²) in [5.74, 6) is 1.86. The Morgan fingerprint density at radius 1 is 1.23 bits per heavy atom. The van der Waals surface area contributed by atoms with E-state index in [9.17, 15) is 0 Å². The zero-order chi connectivity index (χ0) is 21.2. The number of aliphatic imine (C=N–C) groups is 1. The molecule has 0 radical (unpaired) electrons. The maximum Gasteiger partial charge on any atom is 0.246 e. The number of ether oxygens (including phenoxy) is 2. The van der Waals surface area contributed by atoms with Gasteiger partial charge < -0.3 is 24.6 Å². The molecular weight excluding hydrogens is 511 g/mol. The molecule has 0 bridgehead atoms. The fraction of sp³-hybridized carbons (Fsp3) is 0.857. The van der Waals surface area contributed by atoms with Crippen LogP contribution in [-0.4, -0.2) is 74.0 Å². The van der Waals surface area contributed by atoms with Gasteiger partial charge in [0.2, 0.25) is 5.89 Å². The van der Waals surface area contributed by atoms with Crippen molar-refractivity contribution in [2.45, 2.75) is 58.6 Å². The van der Waals surface area contributed by atoms with E-state index in [1.807, 2.05) is 13.8 Å². The molecule has 1 aromatic rings. The number of aromatic nitrogens is 2. The third-order valence-corrected chi connectivity index (χ3v) is 6.10. The lowest BCUT2D eigenvalue weighted by molar-refractivity contribution is 0.00820. The van der Waals surface area contributed by atoms with Crippen molar-refractivity contribution in [3.05, 3.63) is 11.7 Å². The smallest absolute Gasteiger partial charge is 0.246 e. The van der Waals surface area contributed by atoms with Crippen molar-refractivity contribution in [3.8, 4) is 0 Å². The molecule has 2 heterocycles. The van der Waals surface area contributed by atoms with Crippen molar-refractivity contribution in [2.24, 2.45) is 10.4 Å². The van der Waals surface area contributed by atoms with Crippen LogP contribution in [0, 0.1) is 5.41 Å². The van der Waals surface area contributed by atoms with Gasteiger partial charge in [-0.05, 0) is 26.7 Å². The summed E-state index contributed by atoms with van der Waals surface area (Å²) < 4.78 is 16.4. The molecule has 0 amide bonds. The number of hydrogen-bond acceptors (Lipinski definition) is 7. The van der Waals surface area contributed by atoms with E-state index in [4.69, 9.17) is 14.0 Å². The summed E-state index contributed by atoms with van der Waals surface area (Å²) >= 11 is 0. The Balaban J connectivity index is 0.00000341. The fourth-order valence-electron chi connectivity index (χ4n) is 4.41. The Kier molecular flexibility index (Phi) is 11.5. The average molecular weight is 550 g/mol. The predicted molar refractivity (Wildman–Crippen MR) is 131 cm³/mol. The average Bonchev–Trinajstić information content (AvgIpc) is 3.25. The number of guanidine groups is 1. The van der Waals surface area contributed by atoms with Gasteiger partial charge in [-0.25, -0.2) is 0 Å². The highest BCUT2D eigenvalue weighted by atomic mass is 127. The maximum atomic E-state index is 5.53. The van der Waals surface area contributed by atoms with Gasteiger partial charge in [-0.3, -0.25) is 9.89 Å². The molecule has 2 N–H and O–H groups in total. The molecule has 1 unspecified atom stereocenters. The van der Waals surface area contributed by atoms with Gasteiger partial charge in [0.05, 0.1) is 19.8 Å². The van der Waals surface area contributed by atoms with E-state index in [0.29, 0.717) is 24.9 Å². The van der Waals surface area contributed by atoms with E-state index in [1.54, 1.807) is 7.05 Å². The molecule has 1 saturated heterocycles. The second-order valence-corrected chi connectivity index (χ2v) is 8.37. The summed E-state index contributed by atoms with van der Waals surface area (Å²) in [4.78, 5) is 11.4. The monoisotopic (exact) mass is 550 g/mol. The Labute approximate surface area is 203 Å². The summed E-state index contributed by atoms with van der Waals surface area (Å²) in [6.07, 6.45) is 6.31. The Bertz CT molecular complexity index is 659. The van der Waals surface area contributed by atoms with Gasteiger partial charge in [0, 0.05) is 45.2 Å². The lowest BCUT2D eigenvalue weighted by atomic mass is 9.73.